The molecule has 5 nitrogen and oxygen atoms in total. The van der Waals surface area contributed by atoms with Crippen molar-refractivity contribution >= 4 is 12.1 Å². The summed E-state index contributed by atoms with van der Waals surface area (Å²) in [4.78, 5) is 22.9. The standard InChI is InChI=1S/C14H19NO4/c1-3-9-18-13(16)11(2)15-14(17)19-10-12-7-5-4-6-8-12/h4-8,11H,3,9-10H2,1-2H3,(H,15,17). The fourth-order valence-corrected chi connectivity index (χ4v) is 1.33. The van der Waals surface area contributed by atoms with Gasteiger partial charge in [-0.1, -0.05) is 37.3 Å². The highest BCUT2D eigenvalue weighted by molar-refractivity contribution is 5.80. The van der Waals surface area contributed by atoms with Gasteiger partial charge in [0, 0.05) is 0 Å². The monoisotopic (exact) mass is 265 g/mol. The van der Waals surface area contributed by atoms with Gasteiger partial charge in [0.1, 0.15) is 12.6 Å². The van der Waals surface area contributed by atoms with E-state index in [0.29, 0.717) is 6.61 Å². The van der Waals surface area contributed by atoms with E-state index in [-0.39, 0.29) is 6.61 Å². The number of carbonyl (C=O) groups excluding carboxylic acids is 2. The van der Waals surface area contributed by atoms with E-state index in [1.165, 1.54) is 0 Å². The summed E-state index contributed by atoms with van der Waals surface area (Å²) in [6, 6.07) is 8.60. The lowest BCUT2D eigenvalue weighted by Gasteiger charge is -2.13. The van der Waals surface area contributed by atoms with Crippen LogP contribution >= 0.6 is 0 Å². The third-order valence-corrected chi connectivity index (χ3v) is 2.35. The van der Waals surface area contributed by atoms with Gasteiger partial charge < -0.3 is 14.8 Å². The Morgan fingerprint density at radius 1 is 1.21 bits per heavy atom. The molecular weight excluding hydrogens is 246 g/mol. The van der Waals surface area contributed by atoms with Gasteiger partial charge in [-0.2, -0.15) is 0 Å². The Kier molecular flexibility index (Phi) is 6.43. The van der Waals surface area contributed by atoms with Crippen molar-refractivity contribution in [3.8, 4) is 0 Å². The number of ether oxygens (including phenoxy) is 2. The summed E-state index contributed by atoms with van der Waals surface area (Å²) in [5.41, 5.74) is 0.888. The van der Waals surface area contributed by atoms with Crippen LogP contribution in [0.5, 0.6) is 0 Å². The molecule has 1 aromatic rings. The molecule has 0 bridgehead atoms. The Balaban J connectivity index is 2.29. The van der Waals surface area contributed by atoms with Crippen LogP contribution in [0.2, 0.25) is 0 Å². The number of amides is 1. The van der Waals surface area contributed by atoms with Gasteiger partial charge >= 0.3 is 12.1 Å². The fraction of sp³-hybridized carbons (Fsp3) is 0.429. The molecule has 0 spiro atoms. The van der Waals surface area contributed by atoms with Crippen LogP contribution in [0.4, 0.5) is 4.79 Å². The first kappa shape index (κ1) is 15.0. The molecular formula is C14H19NO4. The molecule has 0 saturated heterocycles. The minimum atomic E-state index is -0.713. The summed E-state index contributed by atoms with van der Waals surface area (Å²) < 4.78 is 9.90. The Labute approximate surface area is 112 Å². The topological polar surface area (TPSA) is 64.6 Å². The van der Waals surface area contributed by atoms with E-state index >= 15 is 0 Å². The lowest BCUT2D eigenvalue weighted by Crippen LogP contribution is -2.39. The molecule has 19 heavy (non-hydrogen) atoms. The molecule has 0 saturated carbocycles. The first-order chi connectivity index (χ1) is 9.13. The number of esters is 1. The smallest absolute Gasteiger partial charge is 0.408 e. The van der Waals surface area contributed by atoms with Crippen molar-refractivity contribution in [2.24, 2.45) is 0 Å². The lowest BCUT2D eigenvalue weighted by atomic mass is 10.2. The lowest BCUT2D eigenvalue weighted by molar-refractivity contribution is -0.145. The zero-order valence-electron chi connectivity index (χ0n) is 11.2. The predicted octanol–water partition coefficient (Wildman–Crippen LogP) is 2.25. The van der Waals surface area contributed by atoms with Gasteiger partial charge in [0.2, 0.25) is 0 Å². The molecule has 1 N–H and O–H groups in total. The number of hydrogen-bond donors (Lipinski definition) is 1. The molecule has 0 aliphatic carbocycles. The maximum atomic E-state index is 11.5. The van der Waals surface area contributed by atoms with Crippen LogP contribution in [0.1, 0.15) is 25.8 Å². The zero-order chi connectivity index (χ0) is 14.1. The molecule has 1 atom stereocenters. The molecule has 104 valence electrons. The predicted molar refractivity (Wildman–Crippen MR) is 70.5 cm³/mol. The van der Waals surface area contributed by atoms with Gasteiger partial charge in [-0.25, -0.2) is 9.59 Å². The first-order valence-corrected chi connectivity index (χ1v) is 6.27. The van der Waals surface area contributed by atoms with E-state index in [0.717, 1.165) is 12.0 Å². The summed E-state index contributed by atoms with van der Waals surface area (Å²) >= 11 is 0. The molecule has 1 unspecified atom stereocenters. The average molecular weight is 265 g/mol. The van der Waals surface area contributed by atoms with Crippen LogP contribution in [-0.2, 0) is 20.9 Å². The van der Waals surface area contributed by atoms with E-state index in [1.807, 2.05) is 37.3 Å². The number of benzene rings is 1. The fourth-order valence-electron chi connectivity index (χ4n) is 1.33. The van der Waals surface area contributed by atoms with Gasteiger partial charge in [-0.05, 0) is 18.9 Å². The quantitative estimate of drug-likeness (QED) is 0.801. The Morgan fingerprint density at radius 2 is 1.89 bits per heavy atom. The van der Waals surface area contributed by atoms with E-state index in [9.17, 15) is 9.59 Å². The van der Waals surface area contributed by atoms with Gasteiger partial charge in [-0.3, -0.25) is 0 Å². The number of carbonyl (C=O) groups is 2. The van der Waals surface area contributed by atoms with Crippen LogP contribution in [0.25, 0.3) is 0 Å². The van der Waals surface area contributed by atoms with Crippen LogP contribution in [0, 0.1) is 0 Å². The normalized spacial score (nSPS) is 11.5. The zero-order valence-corrected chi connectivity index (χ0v) is 11.2. The second-order valence-electron chi connectivity index (χ2n) is 4.10. The Bertz CT molecular complexity index is 405. The molecule has 1 rings (SSSR count). The van der Waals surface area contributed by atoms with Crippen LogP contribution in [0.15, 0.2) is 30.3 Å². The number of nitrogens with one attached hydrogen (secondary N) is 1. The van der Waals surface area contributed by atoms with E-state index in [1.54, 1.807) is 6.92 Å². The molecule has 0 aliphatic heterocycles. The van der Waals surface area contributed by atoms with E-state index in [2.05, 4.69) is 5.32 Å². The summed E-state index contributed by atoms with van der Waals surface area (Å²) in [5, 5.41) is 2.42. The molecule has 5 heteroatoms. The summed E-state index contributed by atoms with van der Waals surface area (Å²) in [5.74, 6) is -0.460. The molecule has 1 amide bonds. The van der Waals surface area contributed by atoms with Gasteiger partial charge in [0.05, 0.1) is 6.61 Å². The second-order valence-corrected chi connectivity index (χ2v) is 4.10. The SMILES string of the molecule is CCCOC(=O)C(C)NC(=O)OCc1ccccc1. The molecule has 0 aliphatic rings. The number of alkyl carbamates (subject to hydrolysis) is 1. The molecule has 0 aromatic heterocycles. The maximum absolute atomic E-state index is 11.5. The highest BCUT2D eigenvalue weighted by Gasteiger charge is 2.17. The Hall–Kier alpha value is -2.04. The third kappa shape index (κ3) is 5.90. The summed E-state index contributed by atoms with van der Waals surface area (Å²) in [6.07, 6.45) is 0.112. The molecule has 0 fully saturated rings. The largest absolute Gasteiger partial charge is 0.464 e. The maximum Gasteiger partial charge on any atom is 0.408 e. The van der Waals surface area contributed by atoms with Crippen molar-refractivity contribution in [3.05, 3.63) is 35.9 Å². The average Bonchev–Trinajstić information content (AvgIpc) is 2.43. The minimum absolute atomic E-state index is 0.170. The van der Waals surface area contributed by atoms with E-state index < -0.39 is 18.1 Å². The molecule has 0 radical (unpaired) electrons. The number of hydrogen-bond acceptors (Lipinski definition) is 4. The van der Waals surface area contributed by atoms with Crippen molar-refractivity contribution < 1.29 is 19.1 Å². The van der Waals surface area contributed by atoms with Crippen molar-refractivity contribution in [1.82, 2.24) is 5.32 Å². The first-order valence-electron chi connectivity index (χ1n) is 6.27. The number of rotatable bonds is 6. The Morgan fingerprint density at radius 3 is 2.53 bits per heavy atom. The van der Waals surface area contributed by atoms with Crippen LogP contribution < -0.4 is 5.32 Å². The summed E-state index contributed by atoms with van der Waals surface area (Å²) in [7, 11) is 0. The molecule has 0 heterocycles. The van der Waals surface area contributed by atoms with Crippen molar-refractivity contribution in [3.63, 3.8) is 0 Å². The highest BCUT2D eigenvalue weighted by Crippen LogP contribution is 2.01. The molecule has 1 aromatic carbocycles. The van der Waals surface area contributed by atoms with E-state index in [4.69, 9.17) is 9.47 Å². The minimum Gasteiger partial charge on any atom is -0.464 e. The second kappa shape index (κ2) is 8.13. The van der Waals surface area contributed by atoms with Crippen LogP contribution in [0.3, 0.4) is 0 Å². The summed E-state index contributed by atoms with van der Waals surface area (Å²) in [6.45, 7) is 3.98. The van der Waals surface area contributed by atoms with Crippen LogP contribution in [-0.4, -0.2) is 24.7 Å². The van der Waals surface area contributed by atoms with Gasteiger partial charge in [0.15, 0.2) is 0 Å². The van der Waals surface area contributed by atoms with Crippen molar-refractivity contribution in [1.29, 1.82) is 0 Å². The highest BCUT2D eigenvalue weighted by atomic mass is 16.6. The third-order valence-electron chi connectivity index (χ3n) is 2.35. The van der Waals surface area contributed by atoms with Crippen molar-refractivity contribution in [2.45, 2.75) is 32.9 Å². The van der Waals surface area contributed by atoms with Crippen molar-refractivity contribution in [2.75, 3.05) is 6.61 Å². The van der Waals surface area contributed by atoms with Gasteiger partial charge in [0.25, 0.3) is 0 Å². The van der Waals surface area contributed by atoms with Gasteiger partial charge in [-0.15, -0.1) is 0 Å².